The minimum atomic E-state index is -4.36. The van der Waals surface area contributed by atoms with Gasteiger partial charge in [-0.15, -0.1) is 0 Å². The zero-order valence-corrected chi connectivity index (χ0v) is 53.1. The van der Waals surface area contributed by atoms with Crippen molar-refractivity contribution in [1.29, 1.82) is 0 Å². The summed E-state index contributed by atoms with van der Waals surface area (Å²) in [6.07, 6.45) is 78.7. The zero-order chi connectivity index (χ0) is 56.3. The number of nitrogens with one attached hydrogen (secondary N) is 1. The first-order chi connectivity index (χ1) is 37.5. The number of likely N-dealkylation sites (N-methyl/N-ethyl adjacent to an activating group) is 1. The van der Waals surface area contributed by atoms with E-state index in [9.17, 15) is 19.4 Å². The van der Waals surface area contributed by atoms with Gasteiger partial charge in [-0.1, -0.05) is 326 Å². The first-order valence-electron chi connectivity index (χ1n) is 33.9. The Morgan fingerprint density at radius 1 is 0.429 bits per heavy atom. The van der Waals surface area contributed by atoms with Crippen LogP contribution in [0.2, 0.25) is 0 Å². The number of rotatable bonds is 63. The highest BCUT2D eigenvalue weighted by Crippen LogP contribution is 2.43. The van der Waals surface area contributed by atoms with Crippen LogP contribution in [0, 0.1) is 0 Å². The summed E-state index contributed by atoms with van der Waals surface area (Å²) < 4.78 is 23.8. The fourth-order valence-electron chi connectivity index (χ4n) is 10.3. The molecule has 0 aromatic carbocycles. The molecule has 0 radical (unpaired) electrons. The molecule has 8 nitrogen and oxygen atoms in total. The topological polar surface area (TPSA) is 105 Å². The van der Waals surface area contributed by atoms with Gasteiger partial charge in [-0.05, 0) is 44.9 Å². The number of phosphoric acid groups is 1. The Labute approximate surface area is 480 Å². The second-order valence-electron chi connectivity index (χ2n) is 24.5. The largest absolute Gasteiger partial charge is 0.472 e. The molecule has 0 aromatic heterocycles. The Morgan fingerprint density at radius 2 is 0.714 bits per heavy atom. The van der Waals surface area contributed by atoms with E-state index in [0.717, 1.165) is 44.9 Å². The summed E-state index contributed by atoms with van der Waals surface area (Å²) in [4.78, 5) is 23.4. The Balaban J connectivity index is 4.14. The molecule has 0 saturated heterocycles. The lowest BCUT2D eigenvalue weighted by atomic mass is 10.0. The Morgan fingerprint density at radius 3 is 1.04 bits per heavy atom. The van der Waals surface area contributed by atoms with E-state index >= 15 is 0 Å². The van der Waals surface area contributed by atoms with Crippen molar-refractivity contribution in [3.8, 4) is 0 Å². The van der Waals surface area contributed by atoms with E-state index in [1.54, 1.807) is 6.08 Å². The molecule has 0 aliphatic rings. The zero-order valence-electron chi connectivity index (χ0n) is 52.2. The Bertz CT molecular complexity index is 1350. The van der Waals surface area contributed by atoms with E-state index in [4.69, 9.17) is 9.05 Å². The van der Waals surface area contributed by atoms with Gasteiger partial charge in [0.2, 0.25) is 5.91 Å². The molecule has 0 aliphatic heterocycles. The molecule has 3 unspecified atom stereocenters. The molecule has 3 N–H and O–H groups in total. The molecule has 0 aliphatic carbocycles. The molecule has 1 amide bonds. The van der Waals surface area contributed by atoms with Crippen LogP contribution in [0.1, 0.15) is 341 Å². The second-order valence-corrected chi connectivity index (χ2v) is 26.0. The van der Waals surface area contributed by atoms with Gasteiger partial charge in [0.25, 0.3) is 0 Å². The molecule has 0 saturated carbocycles. The molecule has 0 fully saturated rings. The van der Waals surface area contributed by atoms with Crippen molar-refractivity contribution < 1.29 is 32.9 Å². The number of hydrogen-bond donors (Lipinski definition) is 3. The number of phosphoric ester groups is 1. The third-order valence-electron chi connectivity index (χ3n) is 15.6. The van der Waals surface area contributed by atoms with Crippen LogP contribution in [0.5, 0.6) is 0 Å². The number of carbonyl (C=O) groups is 1. The predicted molar refractivity (Wildman–Crippen MR) is 337 cm³/mol. The summed E-state index contributed by atoms with van der Waals surface area (Å²) in [7, 11) is 1.56. The number of aliphatic hydroxyl groups excluding tert-OH is 1. The number of allylic oxidation sites excluding steroid dienone is 5. The molecule has 0 heterocycles. The maximum absolute atomic E-state index is 13.0. The molecule has 456 valence electrons. The predicted octanol–water partition coefficient (Wildman–Crippen LogP) is 21.3. The van der Waals surface area contributed by atoms with E-state index in [2.05, 4.69) is 43.5 Å². The van der Waals surface area contributed by atoms with Crippen LogP contribution in [0.15, 0.2) is 36.5 Å². The van der Waals surface area contributed by atoms with Gasteiger partial charge >= 0.3 is 7.82 Å². The number of quaternary nitrogens is 1. The minimum absolute atomic E-state index is 0.0554. The average molecular weight is 1110 g/mol. The highest BCUT2D eigenvalue weighted by atomic mass is 31.2. The highest BCUT2D eigenvalue weighted by molar-refractivity contribution is 7.47. The lowest BCUT2D eigenvalue weighted by Gasteiger charge is -2.25. The van der Waals surface area contributed by atoms with Gasteiger partial charge in [0.1, 0.15) is 13.2 Å². The van der Waals surface area contributed by atoms with Crippen LogP contribution < -0.4 is 5.32 Å². The quantitative estimate of drug-likeness (QED) is 0.0243. The van der Waals surface area contributed by atoms with Crippen molar-refractivity contribution in [2.75, 3.05) is 40.9 Å². The number of amides is 1. The fraction of sp³-hybridized carbons (Fsp3) is 0.897. The number of aliphatic hydroxyl groups is 1. The molecular formula is C68H134N2O6P+. The van der Waals surface area contributed by atoms with Crippen molar-refractivity contribution >= 4 is 13.7 Å². The summed E-state index contributed by atoms with van der Waals surface area (Å²) in [5, 5.41) is 14.0. The maximum Gasteiger partial charge on any atom is 0.472 e. The van der Waals surface area contributed by atoms with E-state index in [1.165, 1.54) is 276 Å². The van der Waals surface area contributed by atoms with Gasteiger partial charge in [-0.2, -0.15) is 0 Å². The first kappa shape index (κ1) is 75.7. The van der Waals surface area contributed by atoms with Gasteiger partial charge in [-0.3, -0.25) is 13.8 Å². The van der Waals surface area contributed by atoms with Crippen molar-refractivity contribution in [2.24, 2.45) is 0 Å². The van der Waals surface area contributed by atoms with E-state index in [1.807, 2.05) is 27.2 Å². The van der Waals surface area contributed by atoms with Crippen molar-refractivity contribution in [2.45, 2.75) is 353 Å². The van der Waals surface area contributed by atoms with Crippen LogP contribution in [0.4, 0.5) is 0 Å². The third kappa shape index (κ3) is 62.2. The Hall–Kier alpha value is -1.28. The van der Waals surface area contributed by atoms with Crippen molar-refractivity contribution in [3.63, 3.8) is 0 Å². The highest BCUT2D eigenvalue weighted by Gasteiger charge is 2.28. The number of carbonyl (C=O) groups excluding carboxylic acids is 1. The molecule has 0 aromatic rings. The van der Waals surface area contributed by atoms with E-state index in [-0.39, 0.29) is 19.1 Å². The molecule has 3 atom stereocenters. The number of hydrogen-bond acceptors (Lipinski definition) is 5. The van der Waals surface area contributed by atoms with E-state index < -0.39 is 20.0 Å². The van der Waals surface area contributed by atoms with Crippen LogP contribution in [-0.4, -0.2) is 73.4 Å². The Kier molecular flexibility index (Phi) is 58.4. The van der Waals surface area contributed by atoms with Crippen molar-refractivity contribution in [1.82, 2.24) is 5.32 Å². The number of unbranched alkanes of at least 4 members (excludes halogenated alkanes) is 46. The smallest absolute Gasteiger partial charge is 0.387 e. The first-order valence-corrected chi connectivity index (χ1v) is 35.4. The molecule has 0 spiro atoms. The van der Waals surface area contributed by atoms with E-state index in [0.29, 0.717) is 17.4 Å². The summed E-state index contributed by atoms with van der Waals surface area (Å²) in [6.45, 7) is 4.85. The third-order valence-corrected chi connectivity index (χ3v) is 16.6. The van der Waals surface area contributed by atoms with Crippen LogP contribution >= 0.6 is 7.82 Å². The van der Waals surface area contributed by atoms with Crippen molar-refractivity contribution in [3.05, 3.63) is 36.5 Å². The molecule has 77 heavy (non-hydrogen) atoms. The standard InChI is InChI=1S/C68H133N2O6P/c1-6-8-10-12-14-16-18-20-22-24-26-28-30-32-34-36-37-39-41-43-45-47-49-51-53-55-57-59-61-67(71)66(65-76-77(73,74)75-64-63-70(3,4)5)69-68(72)62-60-58-56-54-52-50-48-46-44-42-40-38-35-33-31-29-27-25-23-21-19-17-15-13-11-9-7-2/h43,45,51,53,59,61,66-67,71H,6-42,44,46-50,52,54-58,60,62-65H2,1-5H3,(H-,69,72,73,74)/p+1/b45-43+,53-51+,61-59+. The summed E-state index contributed by atoms with van der Waals surface area (Å²) in [6, 6.07) is -0.869. The van der Waals surface area contributed by atoms with Gasteiger partial charge < -0.3 is 19.8 Å². The maximum atomic E-state index is 13.0. The minimum Gasteiger partial charge on any atom is -0.387 e. The normalized spacial score (nSPS) is 13.9. The fourth-order valence-corrected chi connectivity index (χ4v) is 11.1. The average Bonchev–Trinajstić information content (AvgIpc) is 3.39. The summed E-state index contributed by atoms with van der Waals surface area (Å²) in [5.41, 5.74) is 0. The summed E-state index contributed by atoms with van der Waals surface area (Å²) >= 11 is 0. The SMILES string of the molecule is CCCCCCCCCCCCCCCCCCCC/C=C/CC/C=C/CC/C=C/C(O)C(COP(=O)(O)OCC[N+](C)(C)C)NC(=O)CCCCCCCCCCCCCCCCCCCCCCCCCCCCC. The molecular weight excluding hydrogens is 972 g/mol. The van der Waals surface area contributed by atoms with Gasteiger partial charge in [0, 0.05) is 6.42 Å². The lowest BCUT2D eigenvalue weighted by Crippen LogP contribution is -2.45. The molecule has 0 rings (SSSR count). The van der Waals surface area contributed by atoms with Gasteiger partial charge in [-0.25, -0.2) is 4.57 Å². The monoisotopic (exact) mass is 1110 g/mol. The number of nitrogens with zero attached hydrogens (tertiary/aromatic N) is 1. The van der Waals surface area contributed by atoms with Gasteiger partial charge in [0.05, 0.1) is 39.9 Å². The van der Waals surface area contributed by atoms with Crippen LogP contribution in [0.3, 0.4) is 0 Å². The van der Waals surface area contributed by atoms with Gasteiger partial charge in [0.15, 0.2) is 0 Å². The van der Waals surface area contributed by atoms with Crippen LogP contribution in [-0.2, 0) is 18.4 Å². The van der Waals surface area contributed by atoms with Crippen LogP contribution in [0.25, 0.3) is 0 Å². The lowest BCUT2D eigenvalue weighted by molar-refractivity contribution is -0.870. The second kappa shape index (κ2) is 59.3. The molecule has 0 bridgehead atoms. The molecule has 9 heteroatoms. The summed E-state index contributed by atoms with van der Waals surface area (Å²) in [5.74, 6) is -0.184.